The molecule has 1 N–H and O–H groups in total. The van der Waals surface area contributed by atoms with E-state index in [1.165, 1.54) is 17.7 Å². The van der Waals surface area contributed by atoms with E-state index >= 15 is 0 Å². The number of rotatable bonds is 4. The molecule has 1 saturated carbocycles. The molecule has 0 aromatic heterocycles. The van der Waals surface area contributed by atoms with Crippen LogP contribution in [0.1, 0.15) is 52.7 Å². The lowest BCUT2D eigenvalue weighted by Crippen LogP contribution is -2.54. The second kappa shape index (κ2) is 8.11. The van der Waals surface area contributed by atoms with Crippen molar-refractivity contribution >= 4 is 18.0 Å². The van der Waals surface area contributed by atoms with Crippen molar-refractivity contribution < 1.29 is 19.4 Å². The van der Waals surface area contributed by atoms with E-state index in [1.807, 2.05) is 11.0 Å². The summed E-state index contributed by atoms with van der Waals surface area (Å²) in [4.78, 5) is 26.3. The summed E-state index contributed by atoms with van der Waals surface area (Å²) in [6.45, 7) is 2.63. The van der Waals surface area contributed by atoms with Gasteiger partial charge < -0.3 is 14.7 Å². The van der Waals surface area contributed by atoms with Crippen LogP contribution in [-0.4, -0.2) is 34.0 Å². The number of aromatic carboxylic acids is 1. The Bertz CT molecular complexity index is 948. The van der Waals surface area contributed by atoms with Crippen molar-refractivity contribution in [2.75, 3.05) is 0 Å². The Balaban J connectivity index is 1.63. The molecule has 1 heterocycles. The predicted octanol–water partition coefficient (Wildman–Crippen LogP) is 4.40. The van der Waals surface area contributed by atoms with E-state index in [0.717, 1.165) is 36.8 Å². The number of carboxylic acid groups (broad SMARTS) is 1. The van der Waals surface area contributed by atoms with Crippen LogP contribution in [0, 0.1) is 6.92 Å². The normalized spacial score (nSPS) is 22.9. The molecule has 4 rings (SSSR count). The van der Waals surface area contributed by atoms with Gasteiger partial charge in [-0.2, -0.15) is 0 Å². The Morgan fingerprint density at radius 3 is 2.66 bits per heavy atom. The quantitative estimate of drug-likeness (QED) is 0.785. The first-order valence-electron chi connectivity index (χ1n) is 10.1. The highest BCUT2D eigenvalue weighted by Gasteiger charge is 2.41. The Labute approximate surface area is 170 Å². The standard InChI is InChI=1S/C24H25NO4/c1-16-5-4-6-18(13-16)15-25-20-7-2-3-8-21(20)29-22(23(25)26)14-17-9-11-19(12-10-17)24(27)28/h4-6,9-14,20-21H,2-3,7-8,15H2,1H3,(H,27,28)/b22-14+. The van der Waals surface area contributed by atoms with Crippen LogP contribution in [0.3, 0.4) is 0 Å². The lowest BCUT2D eigenvalue weighted by atomic mass is 9.89. The third-order valence-electron chi connectivity index (χ3n) is 5.71. The van der Waals surface area contributed by atoms with Crippen LogP contribution in [0.15, 0.2) is 54.3 Å². The maximum atomic E-state index is 13.3. The number of hydrogen-bond donors (Lipinski definition) is 1. The highest BCUT2D eigenvalue weighted by Crippen LogP contribution is 2.34. The number of carboxylic acids is 1. The topological polar surface area (TPSA) is 66.8 Å². The number of nitrogens with zero attached hydrogens (tertiary/aromatic N) is 1. The fourth-order valence-electron chi connectivity index (χ4n) is 4.24. The average molecular weight is 391 g/mol. The first kappa shape index (κ1) is 19.2. The van der Waals surface area contributed by atoms with E-state index in [2.05, 4.69) is 25.1 Å². The second-order valence-corrected chi connectivity index (χ2v) is 7.87. The van der Waals surface area contributed by atoms with Gasteiger partial charge in [0.05, 0.1) is 11.6 Å². The molecule has 5 heteroatoms. The zero-order chi connectivity index (χ0) is 20.4. The molecule has 2 aromatic carbocycles. The molecule has 2 unspecified atom stereocenters. The molecule has 0 bridgehead atoms. The van der Waals surface area contributed by atoms with Gasteiger partial charge in [-0.1, -0.05) is 48.4 Å². The summed E-state index contributed by atoms with van der Waals surface area (Å²) in [5.74, 6) is -0.732. The van der Waals surface area contributed by atoms with E-state index in [-0.39, 0.29) is 23.6 Å². The minimum atomic E-state index is -0.969. The Hall–Kier alpha value is -3.08. The largest absolute Gasteiger partial charge is 0.482 e. The number of carbonyl (C=O) groups is 2. The van der Waals surface area contributed by atoms with Crippen molar-refractivity contribution in [2.45, 2.75) is 51.3 Å². The van der Waals surface area contributed by atoms with Gasteiger partial charge in [0.25, 0.3) is 5.91 Å². The molecule has 1 aliphatic heterocycles. The van der Waals surface area contributed by atoms with Gasteiger partial charge in [-0.25, -0.2) is 4.79 Å². The number of benzene rings is 2. The summed E-state index contributed by atoms with van der Waals surface area (Å²) >= 11 is 0. The number of morpholine rings is 1. The molecule has 150 valence electrons. The Morgan fingerprint density at radius 2 is 1.93 bits per heavy atom. The molecule has 1 amide bonds. The maximum Gasteiger partial charge on any atom is 0.335 e. The molecule has 0 spiro atoms. The monoisotopic (exact) mass is 391 g/mol. The van der Waals surface area contributed by atoms with Crippen molar-refractivity contribution in [1.29, 1.82) is 0 Å². The minimum Gasteiger partial charge on any atom is -0.482 e. The van der Waals surface area contributed by atoms with Crippen molar-refractivity contribution in [3.05, 3.63) is 76.5 Å². The predicted molar refractivity (Wildman–Crippen MR) is 110 cm³/mol. The summed E-state index contributed by atoms with van der Waals surface area (Å²) in [5.41, 5.74) is 3.27. The first-order chi connectivity index (χ1) is 14.0. The van der Waals surface area contributed by atoms with Crippen LogP contribution in [0.25, 0.3) is 6.08 Å². The molecule has 1 saturated heterocycles. The molecule has 2 aromatic rings. The zero-order valence-electron chi connectivity index (χ0n) is 16.5. The van der Waals surface area contributed by atoms with Crippen LogP contribution in [0.5, 0.6) is 0 Å². The smallest absolute Gasteiger partial charge is 0.335 e. The van der Waals surface area contributed by atoms with E-state index in [1.54, 1.807) is 18.2 Å². The lowest BCUT2D eigenvalue weighted by Gasteiger charge is -2.44. The number of carbonyl (C=O) groups excluding carboxylic acids is 1. The molecule has 2 atom stereocenters. The van der Waals surface area contributed by atoms with Crippen molar-refractivity contribution in [3.63, 3.8) is 0 Å². The molecule has 2 aliphatic rings. The van der Waals surface area contributed by atoms with Crippen LogP contribution < -0.4 is 0 Å². The molecule has 5 nitrogen and oxygen atoms in total. The second-order valence-electron chi connectivity index (χ2n) is 7.87. The Kier molecular flexibility index (Phi) is 5.38. The van der Waals surface area contributed by atoms with Gasteiger partial charge in [-0.05, 0) is 55.5 Å². The lowest BCUT2D eigenvalue weighted by molar-refractivity contribution is -0.149. The summed E-state index contributed by atoms with van der Waals surface area (Å²) < 4.78 is 6.13. The van der Waals surface area contributed by atoms with Gasteiger partial charge in [-0.3, -0.25) is 4.79 Å². The van der Waals surface area contributed by atoms with Crippen molar-refractivity contribution in [2.24, 2.45) is 0 Å². The third-order valence-corrected chi connectivity index (χ3v) is 5.71. The summed E-state index contributed by atoms with van der Waals surface area (Å²) in [6.07, 6.45) is 5.85. The molecular formula is C24H25NO4. The number of fused-ring (bicyclic) bond motifs is 1. The van der Waals surface area contributed by atoms with E-state index in [9.17, 15) is 9.59 Å². The van der Waals surface area contributed by atoms with Gasteiger partial charge in [0.2, 0.25) is 0 Å². The van der Waals surface area contributed by atoms with Gasteiger partial charge in [-0.15, -0.1) is 0 Å². The zero-order valence-corrected chi connectivity index (χ0v) is 16.5. The van der Waals surface area contributed by atoms with Crippen LogP contribution in [0.2, 0.25) is 0 Å². The molecule has 29 heavy (non-hydrogen) atoms. The average Bonchev–Trinajstić information content (AvgIpc) is 2.71. The summed E-state index contributed by atoms with van der Waals surface area (Å²) in [7, 11) is 0. The molecular weight excluding hydrogens is 366 g/mol. The molecule has 0 radical (unpaired) electrons. The summed E-state index contributed by atoms with van der Waals surface area (Å²) in [5, 5.41) is 9.06. The number of aryl methyl sites for hydroxylation is 1. The minimum absolute atomic E-state index is 0.0100. The number of ether oxygens (including phenoxy) is 1. The van der Waals surface area contributed by atoms with Gasteiger partial charge in [0.15, 0.2) is 5.76 Å². The van der Waals surface area contributed by atoms with Crippen LogP contribution in [0.4, 0.5) is 0 Å². The van der Waals surface area contributed by atoms with E-state index < -0.39 is 5.97 Å². The van der Waals surface area contributed by atoms with Gasteiger partial charge in [0, 0.05) is 6.54 Å². The number of hydrogen-bond acceptors (Lipinski definition) is 3. The maximum absolute atomic E-state index is 13.3. The van der Waals surface area contributed by atoms with Gasteiger partial charge in [0.1, 0.15) is 6.10 Å². The fourth-order valence-corrected chi connectivity index (χ4v) is 4.24. The first-order valence-corrected chi connectivity index (χ1v) is 10.1. The number of amides is 1. The Morgan fingerprint density at radius 1 is 1.17 bits per heavy atom. The highest BCUT2D eigenvalue weighted by molar-refractivity contribution is 5.97. The third kappa shape index (κ3) is 4.19. The highest BCUT2D eigenvalue weighted by atomic mass is 16.5. The van der Waals surface area contributed by atoms with Gasteiger partial charge >= 0.3 is 5.97 Å². The van der Waals surface area contributed by atoms with Crippen molar-refractivity contribution in [3.8, 4) is 0 Å². The van der Waals surface area contributed by atoms with E-state index in [0.29, 0.717) is 12.3 Å². The summed E-state index contributed by atoms with van der Waals surface area (Å²) in [6, 6.07) is 14.8. The SMILES string of the molecule is Cc1cccc(CN2C(=O)/C(=C\c3ccc(C(=O)O)cc3)OC3CCCCC32)c1. The fraction of sp³-hybridized carbons (Fsp3) is 0.333. The molecule has 1 aliphatic carbocycles. The van der Waals surface area contributed by atoms with Crippen LogP contribution >= 0.6 is 0 Å². The van der Waals surface area contributed by atoms with E-state index in [4.69, 9.17) is 9.84 Å². The van der Waals surface area contributed by atoms with Crippen molar-refractivity contribution in [1.82, 2.24) is 4.90 Å². The molecule has 2 fully saturated rings. The van der Waals surface area contributed by atoms with Crippen LogP contribution in [-0.2, 0) is 16.1 Å².